The van der Waals surface area contributed by atoms with Gasteiger partial charge in [-0.05, 0) is 45.4 Å². The zero-order valence-corrected chi connectivity index (χ0v) is 15.8. The van der Waals surface area contributed by atoms with E-state index in [2.05, 4.69) is 34.2 Å². The summed E-state index contributed by atoms with van der Waals surface area (Å²) in [5.74, 6) is 0.726. The molecule has 1 atom stereocenters. The quantitative estimate of drug-likeness (QED) is 0.612. The lowest BCUT2D eigenvalue weighted by Crippen LogP contribution is -2.18. The molecule has 7 heteroatoms. The van der Waals surface area contributed by atoms with Gasteiger partial charge in [-0.15, -0.1) is 0 Å². The first-order chi connectivity index (χ1) is 11.5. The lowest BCUT2D eigenvalue weighted by atomic mass is 10.1. The maximum atomic E-state index is 12.3. The van der Waals surface area contributed by atoms with Gasteiger partial charge in [-0.25, -0.2) is 14.6 Å². The maximum Gasteiger partial charge on any atom is 0.225 e. The topological polar surface area (TPSA) is 72.7 Å². The molecule has 0 aliphatic rings. The zero-order chi connectivity index (χ0) is 17.7. The molecule has 2 aromatic rings. The Kier molecular flexibility index (Phi) is 6.36. The molecule has 1 unspecified atom stereocenters. The van der Waals surface area contributed by atoms with Crippen LogP contribution in [-0.2, 0) is 11.2 Å². The minimum absolute atomic E-state index is 0.0206. The number of rotatable bonds is 7. The molecule has 1 N–H and O–H groups in total. The van der Waals surface area contributed by atoms with Crippen molar-refractivity contribution in [1.29, 1.82) is 0 Å². The lowest BCUT2D eigenvalue weighted by Gasteiger charge is -2.14. The molecule has 2 rings (SSSR count). The van der Waals surface area contributed by atoms with Crippen molar-refractivity contribution in [2.45, 2.75) is 58.2 Å². The summed E-state index contributed by atoms with van der Waals surface area (Å²) in [6.07, 6.45) is 5.67. The summed E-state index contributed by atoms with van der Waals surface area (Å²) in [5, 5.41) is 8.01. The van der Waals surface area contributed by atoms with Gasteiger partial charge in [0.2, 0.25) is 5.91 Å². The first-order valence-electron chi connectivity index (χ1n) is 8.17. The Bertz CT molecular complexity index is 690. The van der Waals surface area contributed by atoms with E-state index in [1.807, 2.05) is 30.9 Å². The summed E-state index contributed by atoms with van der Waals surface area (Å²) < 4.78 is 1.85. The molecule has 2 heterocycles. The van der Waals surface area contributed by atoms with Crippen LogP contribution in [-0.4, -0.2) is 31.9 Å². The van der Waals surface area contributed by atoms with Gasteiger partial charge in [0.25, 0.3) is 0 Å². The minimum Gasteiger partial charge on any atom is -0.311 e. The van der Waals surface area contributed by atoms with Gasteiger partial charge in [0.05, 0.1) is 12.2 Å². The molecule has 0 aliphatic heterocycles. The predicted molar refractivity (Wildman–Crippen MR) is 97.5 cm³/mol. The molecule has 0 saturated carbocycles. The van der Waals surface area contributed by atoms with E-state index in [0.29, 0.717) is 12.8 Å². The number of amides is 1. The van der Waals surface area contributed by atoms with Crippen molar-refractivity contribution in [3.8, 4) is 0 Å². The van der Waals surface area contributed by atoms with Crippen molar-refractivity contribution < 1.29 is 4.79 Å². The van der Waals surface area contributed by atoms with Gasteiger partial charge in [-0.1, -0.05) is 18.7 Å². The van der Waals surface area contributed by atoms with Gasteiger partial charge in [-0.3, -0.25) is 4.79 Å². The molecule has 24 heavy (non-hydrogen) atoms. The van der Waals surface area contributed by atoms with Crippen LogP contribution in [0.5, 0.6) is 0 Å². The van der Waals surface area contributed by atoms with Crippen LogP contribution in [0.4, 0.5) is 5.82 Å². The fourth-order valence-electron chi connectivity index (χ4n) is 2.54. The smallest absolute Gasteiger partial charge is 0.225 e. The van der Waals surface area contributed by atoms with Gasteiger partial charge in [0.1, 0.15) is 5.82 Å². The molecule has 0 radical (unpaired) electrons. The Morgan fingerprint density at radius 2 is 2.00 bits per heavy atom. The van der Waals surface area contributed by atoms with Crippen LogP contribution < -0.4 is 5.32 Å². The molecule has 0 fully saturated rings. The Morgan fingerprint density at radius 3 is 2.58 bits per heavy atom. The molecular formula is C17H25N5OS. The number of carbonyl (C=O) groups is 1. The van der Waals surface area contributed by atoms with Crippen LogP contribution in [0, 0.1) is 13.8 Å². The van der Waals surface area contributed by atoms with Crippen LogP contribution in [0.15, 0.2) is 17.4 Å². The SMILES string of the molecule is CCC(C)n1nccc1NC(=O)CCc1c(C)nc(SC)nc1C. The number of hydrogen-bond acceptors (Lipinski definition) is 5. The maximum absolute atomic E-state index is 12.3. The van der Waals surface area contributed by atoms with Crippen LogP contribution in [0.3, 0.4) is 0 Å². The second-order valence-electron chi connectivity index (χ2n) is 5.83. The molecule has 6 nitrogen and oxygen atoms in total. The molecule has 1 amide bonds. The average molecular weight is 347 g/mol. The second kappa shape index (κ2) is 8.28. The highest BCUT2D eigenvalue weighted by molar-refractivity contribution is 7.98. The average Bonchev–Trinajstić information content (AvgIpc) is 3.01. The largest absolute Gasteiger partial charge is 0.311 e. The summed E-state index contributed by atoms with van der Waals surface area (Å²) in [7, 11) is 0. The third-order valence-corrected chi connectivity index (χ3v) is 4.68. The fraction of sp³-hybridized carbons (Fsp3) is 0.529. The second-order valence-corrected chi connectivity index (χ2v) is 6.60. The van der Waals surface area contributed by atoms with Gasteiger partial charge in [0, 0.05) is 23.9 Å². The van der Waals surface area contributed by atoms with E-state index in [4.69, 9.17) is 0 Å². The Balaban J connectivity index is 2.01. The molecular weight excluding hydrogens is 322 g/mol. The summed E-state index contributed by atoms with van der Waals surface area (Å²) in [4.78, 5) is 21.2. The highest BCUT2D eigenvalue weighted by Crippen LogP contribution is 2.19. The number of carbonyl (C=O) groups excluding carboxylic acids is 1. The molecule has 0 aliphatic carbocycles. The predicted octanol–water partition coefficient (Wildman–Crippen LogP) is 3.55. The first-order valence-corrected chi connectivity index (χ1v) is 9.40. The van der Waals surface area contributed by atoms with E-state index >= 15 is 0 Å². The molecule has 0 spiro atoms. The van der Waals surface area contributed by atoms with E-state index in [1.165, 1.54) is 11.8 Å². The van der Waals surface area contributed by atoms with Gasteiger partial charge in [0.15, 0.2) is 5.16 Å². The van der Waals surface area contributed by atoms with Crippen LogP contribution in [0.1, 0.15) is 49.7 Å². The number of nitrogens with zero attached hydrogens (tertiary/aromatic N) is 4. The van der Waals surface area contributed by atoms with Crippen LogP contribution >= 0.6 is 11.8 Å². The number of aryl methyl sites for hydroxylation is 2. The Morgan fingerprint density at radius 1 is 1.33 bits per heavy atom. The Hall–Kier alpha value is -1.89. The number of nitrogens with one attached hydrogen (secondary N) is 1. The summed E-state index contributed by atoms with van der Waals surface area (Å²) >= 11 is 1.53. The van der Waals surface area contributed by atoms with E-state index in [9.17, 15) is 4.79 Å². The van der Waals surface area contributed by atoms with E-state index < -0.39 is 0 Å². The summed E-state index contributed by atoms with van der Waals surface area (Å²) in [6.45, 7) is 8.13. The highest BCUT2D eigenvalue weighted by atomic mass is 32.2. The van der Waals surface area contributed by atoms with Gasteiger partial charge < -0.3 is 5.32 Å². The van der Waals surface area contributed by atoms with Crippen molar-refractivity contribution in [3.63, 3.8) is 0 Å². The number of aromatic nitrogens is 4. The van der Waals surface area contributed by atoms with Crippen molar-refractivity contribution in [2.24, 2.45) is 0 Å². The molecule has 2 aromatic heterocycles. The van der Waals surface area contributed by atoms with Crippen molar-refractivity contribution in [1.82, 2.24) is 19.7 Å². The van der Waals surface area contributed by atoms with Crippen LogP contribution in [0.2, 0.25) is 0 Å². The van der Waals surface area contributed by atoms with Crippen molar-refractivity contribution in [2.75, 3.05) is 11.6 Å². The standard InChI is InChI=1S/C17H25N5OS/c1-6-11(2)22-15(9-10-18-22)21-16(23)8-7-14-12(3)19-17(24-5)20-13(14)4/h9-11H,6-8H2,1-5H3,(H,21,23). The molecule has 130 valence electrons. The number of thioether (sulfide) groups is 1. The Labute approximate surface area is 147 Å². The van der Waals surface area contributed by atoms with Crippen molar-refractivity contribution in [3.05, 3.63) is 29.2 Å². The number of anilines is 1. The number of hydrogen-bond donors (Lipinski definition) is 1. The van der Waals surface area contributed by atoms with Crippen LogP contribution in [0.25, 0.3) is 0 Å². The highest BCUT2D eigenvalue weighted by Gasteiger charge is 2.13. The van der Waals surface area contributed by atoms with Gasteiger partial charge in [-0.2, -0.15) is 5.10 Å². The molecule has 0 bridgehead atoms. The molecule has 0 aromatic carbocycles. The normalized spacial score (nSPS) is 12.2. The first kappa shape index (κ1) is 18.4. The van der Waals surface area contributed by atoms with E-state index in [1.54, 1.807) is 6.20 Å². The minimum atomic E-state index is -0.0206. The third-order valence-electron chi connectivity index (χ3n) is 4.13. The zero-order valence-electron chi connectivity index (χ0n) is 15.0. The van der Waals surface area contributed by atoms with E-state index in [-0.39, 0.29) is 11.9 Å². The summed E-state index contributed by atoms with van der Waals surface area (Å²) in [6, 6.07) is 2.09. The fourth-order valence-corrected chi connectivity index (χ4v) is 3.00. The lowest BCUT2D eigenvalue weighted by molar-refractivity contribution is -0.116. The summed E-state index contributed by atoms with van der Waals surface area (Å²) in [5.41, 5.74) is 2.95. The monoisotopic (exact) mass is 347 g/mol. The van der Waals surface area contributed by atoms with Crippen molar-refractivity contribution >= 4 is 23.5 Å². The van der Waals surface area contributed by atoms with E-state index in [0.717, 1.165) is 34.3 Å². The molecule has 0 saturated heterocycles. The van der Waals surface area contributed by atoms with Gasteiger partial charge >= 0.3 is 0 Å². The third kappa shape index (κ3) is 4.35.